The van der Waals surface area contributed by atoms with E-state index in [-0.39, 0.29) is 17.6 Å². The van der Waals surface area contributed by atoms with Crippen molar-refractivity contribution in [1.29, 1.82) is 0 Å². The van der Waals surface area contributed by atoms with E-state index in [2.05, 4.69) is 5.10 Å². The number of halogens is 1. The monoisotopic (exact) mass is 345 g/mol. The largest absolute Gasteiger partial charge is 0.393 e. The van der Waals surface area contributed by atoms with Gasteiger partial charge in [-0.2, -0.15) is 5.10 Å². The SMILES string of the molecule is CCc1c(C(=O)N2CCCC(C(C)O)C2)cnn1-c1ccc(F)cc1. The van der Waals surface area contributed by atoms with Crippen LogP contribution in [0.2, 0.25) is 0 Å². The smallest absolute Gasteiger partial charge is 0.257 e. The summed E-state index contributed by atoms with van der Waals surface area (Å²) in [6, 6.07) is 6.08. The Morgan fingerprint density at radius 2 is 2.12 bits per heavy atom. The van der Waals surface area contributed by atoms with E-state index >= 15 is 0 Å². The minimum absolute atomic E-state index is 0.0458. The maximum Gasteiger partial charge on any atom is 0.257 e. The normalized spacial score (nSPS) is 19.0. The van der Waals surface area contributed by atoms with Crippen LogP contribution < -0.4 is 0 Å². The first kappa shape index (κ1) is 17.6. The maximum atomic E-state index is 13.2. The van der Waals surface area contributed by atoms with Gasteiger partial charge in [0, 0.05) is 19.0 Å². The molecule has 1 aromatic carbocycles. The molecule has 1 N–H and O–H groups in total. The Bertz CT molecular complexity index is 740. The third kappa shape index (κ3) is 3.58. The van der Waals surface area contributed by atoms with Crippen molar-refractivity contribution >= 4 is 5.91 Å². The quantitative estimate of drug-likeness (QED) is 0.927. The number of hydrogen-bond donors (Lipinski definition) is 1. The first-order valence-electron chi connectivity index (χ1n) is 8.81. The maximum absolute atomic E-state index is 13.2. The van der Waals surface area contributed by atoms with Crippen molar-refractivity contribution in [2.75, 3.05) is 13.1 Å². The van der Waals surface area contributed by atoms with E-state index in [9.17, 15) is 14.3 Å². The molecule has 25 heavy (non-hydrogen) atoms. The summed E-state index contributed by atoms with van der Waals surface area (Å²) >= 11 is 0. The summed E-state index contributed by atoms with van der Waals surface area (Å²) in [5.74, 6) is -0.229. The van der Waals surface area contributed by atoms with Crippen LogP contribution >= 0.6 is 0 Å². The lowest BCUT2D eigenvalue weighted by Gasteiger charge is -2.34. The van der Waals surface area contributed by atoms with E-state index in [1.165, 1.54) is 12.1 Å². The van der Waals surface area contributed by atoms with Crippen LogP contribution in [0.1, 0.15) is 42.7 Å². The number of carbonyl (C=O) groups is 1. The summed E-state index contributed by atoms with van der Waals surface area (Å²) in [4.78, 5) is 14.8. The Kier molecular flexibility index (Phi) is 5.18. The fraction of sp³-hybridized carbons (Fsp3) is 0.474. The summed E-state index contributed by atoms with van der Waals surface area (Å²) < 4.78 is 14.8. The van der Waals surface area contributed by atoms with Gasteiger partial charge in [-0.3, -0.25) is 4.79 Å². The lowest BCUT2D eigenvalue weighted by molar-refractivity contribution is 0.0465. The van der Waals surface area contributed by atoms with Crippen LogP contribution in [0.15, 0.2) is 30.5 Å². The summed E-state index contributed by atoms with van der Waals surface area (Å²) in [6.07, 6.45) is 3.66. The van der Waals surface area contributed by atoms with Gasteiger partial charge in [-0.15, -0.1) is 0 Å². The second-order valence-electron chi connectivity index (χ2n) is 6.64. The van der Waals surface area contributed by atoms with Gasteiger partial charge in [0.25, 0.3) is 5.91 Å². The van der Waals surface area contributed by atoms with Gasteiger partial charge in [0.2, 0.25) is 0 Å². The van der Waals surface area contributed by atoms with Gasteiger partial charge in [0.05, 0.1) is 29.2 Å². The highest BCUT2D eigenvalue weighted by Crippen LogP contribution is 2.23. The highest BCUT2D eigenvalue weighted by molar-refractivity contribution is 5.95. The number of nitrogens with zero attached hydrogens (tertiary/aromatic N) is 3. The van der Waals surface area contributed by atoms with Crippen LogP contribution in [0.5, 0.6) is 0 Å². The molecule has 6 heteroatoms. The summed E-state index contributed by atoms with van der Waals surface area (Å²) in [6.45, 7) is 5.03. The minimum atomic E-state index is -0.414. The lowest BCUT2D eigenvalue weighted by atomic mass is 9.93. The lowest BCUT2D eigenvalue weighted by Crippen LogP contribution is -2.43. The van der Waals surface area contributed by atoms with E-state index < -0.39 is 6.10 Å². The summed E-state index contributed by atoms with van der Waals surface area (Å²) in [5, 5.41) is 14.2. The zero-order valence-electron chi connectivity index (χ0n) is 14.7. The molecule has 1 fully saturated rings. The predicted octanol–water partition coefficient (Wildman–Crippen LogP) is 2.81. The molecule has 1 amide bonds. The van der Waals surface area contributed by atoms with Gasteiger partial charge in [-0.1, -0.05) is 6.92 Å². The van der Waals surface area contributed by atoms with Crippen LogP contribution in [0.3, 0.4) is 0 Å². The molecule has 2 unspecified atom stereocenters. The van der Waals surface area contributed by atoms with Gasteiger partial charge >= 0.3 is 0 Å². The van der Waals surface area contributed by atoms with Crippen LogP contribution in [0.25, 0.3) is 5.69 Å². The molecule has 0 radical (unpaired) electrons. The zero-order valence-corrected chi connectivity index (χ0v) is 14.7. The second-order valence-corrected chi connectivity index (χ2v) is 6.64. The number of piperidine rings is 1. The number of carbonyl (C=O) groups excluding carboxylic acids is 1. The van der Waals surface area contributed by atoms with Crippen molar-refractivity contribution in [3.8, 4) is 5.69 Å². The van der Waals surface area contributed by atoms with E-state index in [1.807, 2.05) is 11.8 Å². The van der Waals surface area contributed by atoms with Crippen molar-refractivity contribution in [3.63, 3.8) is 0 Å². The average molecular weight is 345 g/mol. The average Bonchev–Trinajstić information content (AvgIpc) is 3.05. The third-order valence-electron chi connectivity index (χ3n) is 4.93. The number of hydrogen-bond acceptors (Lipinski definition) is 3. The zero-order chi connectivity index (χ0) is 18.0. The van der Waals surface area contributed by atoms with Crippen LogP contribution in [-0.4, -0.2) is 44.9 Å². The Morgan fingerprint density at radius 1 is 1.40 bits per heavy atom. The topological polar surface area (TPSA) is 58.4 Å². The van der Waals surface area contributed by atoms with E-state index in [4.69, 9.17) is 0 Å². The molecule has 1 aromatic heterocycles. The molecule has 2 aromatic rings. The molecule has 1 aliphatic heterocycles. The first-order valence-corrected chi connectivity index (χ1v) is 8.81. The molecule has 2 heterocycles. The van der Waals surface area contributed by atoms with Crippen LogP contribution in [0, 0.1) is 11.7 Å². The van der Waals surface area contributed by atoms with Crippen LogP contribution in [-0.2, 0) is 6.42 Å². The highest BCUT2D eigenvalue weighted by Gasteiger charge is 2.29. The van der Waals surface area contributed by atoms with Gasteiger partial charge in [-0.05, 0) is 50.5 Å². The minimum Gasteiger partial charge on any atom is -0.393 e. The standard InChI is InChI=1S/C19H24FN3O2/c1-3-18-17(11-21-23(18)16-8-6-15(20)7-9-16)19(25)22-10-4-5-14(12-22)13(2)24/h6-9,11,13-14,24H,3-5,10,12H2,1-2H3. The fourth-order valence-corrected chi connectivity index (χ4v) is 3.46. The molecule has 1 saturated heterocycles. The second kappa shape index (κ2) is 7.35. The highest BCUT2D eigenvalue weighted by atomic mass is 19.1. The molecular formula is C19H24FN3O2. The molecular weight excluding hydrogens is 321 g/mol. The molecule has 1 aliphatic rings. The Hall–Kier alpha value is -2.21. The first-order chi connectivity index (χ1) is 12.0. The van der Waals surface area contributed by atoms with E-state index in [0.717, 1.165) is 24.2 Å². The van der Waals surface area contributed by atoms with Crippen molar-refractivity contribution in [2.45, 2.75) is 39.2 Å². The van der Waals surface area contributed by atoms with Crippen LogP contribution in [0.4, 0.5) is 4.39 Å². The Labute approximate surface area is 147 Å². The van der Waals surface area contributed by atoms with Gasteiger partial charge in [0.1, 0.15) is 5.82 Å². The molecule has 0 bridgehead atoms. The fourth-order valence-electron chi connectivity index (χ4n) is 3.46. The Balaban J connectivity index is 1.87. The number of aliphatic hydroxyl groups is 1. The Morgan fingerprint density at radius 3 is 2.76 bits per heavy atom. The summed E-state index contributed by atoms with van der Waals surface area (Å²) in [5.41, 5.74) is 2.13. The number of aromatic nitrogens is 2. The molecule has 134 valence electrons. The molecule has 0 saturated carbocycles. The molecule has 0 aliphatic carbocycles. The van der Waals surface area contributed by atoms with E-state index in [0.29, 0.717) is 25.1 Å². The number of likely N-dealkylation sites (tertiary alicyclic amines) is 1. The summed E-state index contributed by atoms with van der Waals surface area (Å²) in [7, 11) is 0. The molecule has 0 spiro atoms. The predicted molar refractivity (Wildman–Crippen MR) is 93.2 cm³/mol. The van der Waals surface area contributed by atoms with Gasteiger partial charge in [-0.25, -0.2) is 9.07 Å². The van der Waals surface area contributed by atoms with Gasteiger partial charge < -0.3 is 10.0 Å². The number of rotatable bonds is 4. The molecule has 2 atom stereocenters. The van der Waals surface area contributed by atoms with Crippen molar-refractivity contribution in [1.82, 2.24) is 14.7 Å². The van der Waals surface area contributed by atoms with Crippen molar-refractivity contribution in [3.05, 3.63) is 47.5 Å². The third-order valence-corrected chi connectivity index (χ3v) is 4.93. The van der Waals surface area contributed by atoms with E-state index in [1.54, 1.807) is 29.9 Å². The van der Waals surface area contributed by atoms with Gasteiger partial charge in [0.15, 0.2) is 0 Å². The number of aliphatic hydroxyl groups excluding tert-OH is 1. The van der Waals surface area contributed by atoms with Crippen molar-refractivity contribution in [2.24, 2.45) is 5.92 Å². The molecule has 5 nitrogen and oxygen atoms in total. The molecule has 3 rings (SSSR count). The number of benzene rings is 1. The number of amides is 1. The van der Waals surface area contributed by atoms with Crippen molar-refractivity contribution < 1.29 is 14.3 Å².